The molecule has 14 heteroatoms. The third-order valence-electron chi connectivity index (χ3n) is 6.12. The van der Waals surface area contributed by atoms with Gasteiger partial charge < -0.3 is 31.7 Å². The highest BCUT2D eigenvalue weighted by Gasteiger charge is 2.28. The minimum atomic E-state index is -1.39. The van der Waals surface area contributed by atoms with Crippen molar-refractivity contribution in [2.75, 3.05) is 11.5 Å². The number of rotatable bonds is 23. The Bertz CT molecular complexity index is 898. The number of amides is 2. The van der Waals surface area contributed by atoms with Crippen molar-refractivity contribution < 1.29 is 48.9 Å². The van der Waals surface area contributed by atoms with Crippen LogP contribution in [-0.2, 0) is 33.6 Å². The monoisotopic (exact) mass is 589 g/mol. The number of carbonyl (C=O) groups is 7. The van der Waals surface area contributed by atoms with Crippen molar-refractivity contribution in [3.63, 3.8) is 0 Å². The van der Waals surface area contributed by atoms with Crippen LogP contribution < -0.4 is 16.4 Å². The maximum Gasteiger partial charge on any atom is 0.326 e. The van der Waals surface area contributed by atoms with Crippen LogP contribution in [0.5, 0.6) is 0 Å². The van der Waals surface area contributed by atoms with Crippen molar-refractivity contribution in [2.45, 2.75) is 96.7 Å². The number of carboxylic acids is 3. The number of carbonyl (C=O) groups excluding carboxylic acids is 4. The minimum absolute atomic E-state index is 0.0159. The lowest BCUT2D eigenvalue weighted by atomic mass is 9.97. The average molecular weight is 590 g/mol. The summed E-state index contributed by atoms with van der Waals surface area (Å²) in [6.45, 7) is 4.82. The van der Waals surface area contributed by atoms with Crippen LogP contribution in [0.25, 0.3) is 0 Å². The van der Waals surface area contributed by atoms with Crippen molar-refractivity contribution in [1.29, 1.82) is 0 Å². The highest BCUT2D eigenvalue weighted by atomic mass is 32.2. The van der Waals surface area contributed by atoms with Crippen molar-refractivity contribution in [2.24, 2.45) is 17.6 Å². The molecule has 0 aliphatic carbocycles. The molecular weight excluding hydrogens is 546 g/mol. The highest BCUT2D eigenvalue weighted by molar-refractivity contribution is 7.99. The Balaban J connectivity index is 5.04. The van der Waals surface area contributed by atoms with Gasteiger partial charge in [0.25, 0.3) is 0 Å². The summed E-state index contributed by atoms with van der Waals surface area (Å²) in [7, 11) is 0. The van der Waals surface area contributed by atoms with Gasteiger partial charge in [-0.25, -0.2) is 4.79 Å². The first-order valence-electron chi connectivity index (χ1n) is 13.3. The molecule has 2 amide bonds. The number of hydrogen-bond donors (Lipinski definition) is 6. The molecule has 0 saturated heterocycles. The Morgan fingerprint density at radius 2 is 1.38 bits per heavy atom. The van der Waals surface area contributed by atoms with E-state index >= 15 is 0 Å². The van der Waals surface area contributed by atoms with Crippen LogP contribution in [0.4, 0.5) is 0 Å². The van der Waals surface area contributed by atoms with E-state index in [9.17, 15) is 38.7 Å². The van der Waals surface area contributed by atoms with Gasteiger partial charge in [-0.2, -0.15) is 11.8 Å². The van der Waals surface area contributed by atoms with Crippen molar-refractivity contribution in [3.05, 3.63) is 0 Å². The normalized spacial score (nSPS) is 14.7. The Morgan fingerprint density at radius 3 is 1.93 bits per heavy atom. The largest absolute Gasteiger partial charge is 0.480 e. The molecule has 0 bridgehead atoms. The second-order valence-corrected chi connectivity index (χ2v) is 11.0. The predicted octanol–water partition coefficient (Wildman–Crippen LogP) is 1.21. The molecule has 0 unspecified atom stereocenters. The van der Waals surface area contributed by atoms with Crippen LogP contribution in [0.3, 0.4) is 0 Å². The fourth-order valence-electron chi connectivity index (χ4n) is 3.57. The number of Topliss-reactive ketones (excluding diaryl/α,β-unsaturated/α-hetero) is 2. The zero-order valence-corrected chi connectivity index (χ0v) is 24.2. The fraction of sp³-hybridized carbons (Fsp3) is 0.731. The van der Waals surface area contributed by atoms with Crippen LogP contribution >= 0.6 is 11.8 Å². The Morgan fingerprint density at radius 1 is 0.750 bits per heavy atom. The molecule has 0 aromatic rings. The molecule has 0 rings (SSSR count). The van der Waals surface area contributed by atoms with Gasteiger partial charge in [0.2, 0.25) is 11.8 Å². The third-order valence-corrected chi connectivity index (χ3v) is 7.36. The summed E-state index contributed by atoms with van der Waals surface area (Å²) in [5.74, 6) is -7.63. The number of aliphatic carboxylic acids is 3. The molecule has 0 fully saturated rings. The zero-order chi connectivity index (χ0) is 30.8. The van der Waals surface area contributed by atoms with E-state index in [4.69, 9.17) is 15.9 Å². The van der Waals surface area contributed by atoms with Gasteiger partial charge in [-0.05, 0) is 19.8 Å². The van der Waals surface area contributed by atoms with E-state index < -0.39 is 65.5 Å². The first-order valence-corrected chi connectivity index (χ1v) is 14.5. The third kappa shape index (κ3) is 16.2. The highest BCUT2D eigenvalue weighted by Crippen LogP contribution is 2.17. The zero-order valence-electron chi connectivity index (χ0n) is 23.3. The van der Waals surface area contributed by atoms with Gasteiger partial charge in [0.05, 0.1) is 5.92 Å². The molecule has 0 aromatic carbocycles. The van der Waals surface area contributed by atoms with Crippen molar-refractivity contribution in [1.82, 2.24) is 10.6 Å². The fourth-order valence-corrected chi connectivity index (χ4v) is 4.65. The lowest BCUT2D eigenvalue weighted by Gasteiger charge is -2.20. The number of thioether (sulfide) groups is 1. The van der Waals surface area contributed by atoms with Gasteiger partial charge in [0.1, 0.15) is 29.7 Å². The maximum atomic E-state index is 12.6. The van der Waals surface area contributed by atoms with Gasteiger partial charge in [-0.1, -0.05) is 33.1 Å². The summed E-state index contributed by atoms with van der Waals surface area (Å²) in [6.07, 6.45) is 3.16. The average Bonchev–Trinajstić information content (AvgIpc) is 2.87. The second kappa shape index (κ2) is 20.0. The van der Waals surface area contributed by atoms with E-state index in [1.807, 2.05) is 0 Å². The lowest BCUT2D eigenvalue weighted by molar-refractivity contribution is -0.143. The number of nitrogens with one attached hydrogen (secondary N) is 2. The quantitative estimate of drug-likeness (QED) is 0.0924. The molecule has 0 aliphatic heterocycles. The topological polar surface area (TPSA) is 230 Å². The molecular formula is C26H43N3O10S. The van der Waals surface area contributed by atoms with Crippen LogP contribution in [0.15, 0.2) is 0 Å². The van der Waals surface area contributed by atoms with E-state index in [1.54, 1.807) is 0 Å². The van der Waals surface area contributed by atoms with E-state index in [0.717, 1.165) is 37.4 Å². The van der Waals surface area contributed by atoms with E-state index in [0.29, 0.717) is 6.42 Å². The number of hydrogen-bond acceptors (Lipinski definition) is 9. The summed E-state index contributed by atoms with van der Waals surface area (Å²) in [6, 6.07) is -3.81. The molecule has 7 N–H and O–H groups in total. The van der Waals surface area contributed by atoms with Crippen LogP contribution in [0.2, 0.25) is 0 Å². The Hall–Kier alpha value is -3.00. The molecule has 0 heterocycles. The molecule has 5 atom stereocenters. The Kier molecular flexibility index (Phi) is 18.5. The van der Waals surface area contributed by atoms with E-state index in [2.05, 4.69) is 17.6 Å². The van der Waals surface area contributed by atoms with Crippen LogP contribution in [-0.4, -0.2) is 86.2 Å². The summed E-state index contributed by atoms with van der Waals surface area (Å²) >= 11 is 1.01. The smallest absolute Gasteiger partial charge is 0.326 e. The molecule has 0 aromatic heterocycles. The molecule has 228 valence electrons. The number of nitrogens with two attached hydrogens (primary N) is 1. The SMILES string of the molecule is CCCCCCC(=O)C[C@@H](C)C(=O)N[C@H](CCC(=O)C[C@H](CSC[C@H](N)C(=O)O)C(=O)N[C@H](C)C(=O)O)C(=O)O. The molecule has 0 saturated carbocycles. The van der Waals surface area contributed by atoms with Crippen LogP contribution in [0.1, 0.15) is 78.6 Å². The first kappa shape index (κ1) is 37.0. The van der Waals surface area contributed by atoms with Crippen molar-refractivity contribution in [3.8, 4) is 0 Å². The number of carboxylic acid groups (broad SMARTS) is 3. The lowest BCUT2D eigenvalue weighted by Crippen LogP contribution is -2.44. The van der Waals surface area contributed by atoms with E-state index in [-0.39, 0.29) is 43.0 Å². The van der Waals surface area contributed by atoms with Gasteiger partial charge in [0.15, 0.2) is 0 Å². The maximum absolute atomic E-state index is 12.6. The first-order chi connectivity index (χ1) is 18.7. The molecule has 0 aliphatic rings. The van der Waals surface area contributed by atoms with Crippen LogP contribution in [0, 0.1) is 11.8 Å². The molecule has 40 heavy (non-hydrogen) atoms. The summed E-state index contributed by atoms with van der Waals surface area (Å²) < 4.78 is 0. The van der Waals surface area contributed by atoms with E-state index in [1.165, 1.54) is 13.8 Å². The van der Waals surface area contributed by atoms with Crippen molar-refractivity contribution >= 4 is 53.1 Å². The number of unbranched alkanes of at least 4 members (excludes halogenated alkanes) is 3. The van der Waals surface area contributed by atoms with Gasteiger partial charge in [-0.3, -0.25) is 28.8 Å². The summed E-state index contributed by atoms with van der Waals surface area (Å²) in [4.78, 5) is 83.5. The second-order valence-electron chi connectivity index (χ2n) is 9.88. The molecule has 0 radical (unpaired) electrons. The van der Waals surface area contributed by atoms with Gasteiger partial charge >= 0.3 is 17.9 Å². The van der Waals surface area contributed by atoms with Gasteiger partial charge in [-0.15, -0.1) is 0 Å². The van der Waals surface area contributed by atoms with Gasteiger partial charge in [0, 0.05) is 43.1 Å². The summed E-state index contributed by atoms with van der Waals surface area (Å²) in [5, 5.41) is 32.1. The molecule has 13 nitrogen and oxygen atoms in total. The predicted molar refractivity (Wildman–Crippen MR) is 148 cm³/mol. The summed E-state index contributed by atoms with van der Waals surface area (Å²) in [5.41, 5.74) is 5.46. The standard InChI is InChI=1S/C26H43N3O10S/c1-4-5-6-7-8-18(30)11-15(2)22(32)29-21(26(38)39)10-9-19(31)12-17(13-40-14-20(27)25(36)37)23(33)28-16(3)24(34)35/h15-17,20-21H,4-14,27H2,1-3H3,(H,28,33)(H,29,32)(H,34,35)(H,36,37)(H,38,39)/t15-,16-,17-,20+,21-/m1/s1. The minimum Gasteiger partial charge on any atom is -0.480 e. The Labute approximate surface area is 238 Å². The number of ketones is 2. The molecule has 0 spiro atoms.